The minimum atomic E-state index is -0.752. The van der Waals surface area contributed by atoms with Crippen LogP contribution in [0.1, 0.15) is 0 Å². The lowest BCUT2D eigenvalue weighted by molar-refractivity contribution is -0.121. The van der Waals surface area contributed by atoms with Crippen LogP contribution >= 0.6 is 0 Å². The first kappa shape index (κ1) is 13.7. The minimum Gasteiger partial charge on any atom is -0.388 e. The standard InChI is InChI=1S/C13H12FN3O3/c1-2-7-15-11(18)8-17-13(19)20-12(16-17)9-3-5-10(14)6-4-9/h2-6H,1,7-8H2,(H,15,18). The SMILES string of the molecule is C=CCNC(=O)Cn1nc(-c2ccc(F)cc2)oc1=O. The highest BCUT2D eigenvalue weighted by atomic mass is 19.1. The summed E-state index contributed by atoms with van der Waals surface area (Å²) < 4.78 is 18.6. The third kappa shape index (κ3) is 3.19. The zero-order chi connectivity index (χ0) is 14.5. The van der Waals surface area contributed by atoms with Crippen LogP contribution in [0.5, 0.6) is 0 Å². The fraction of sp³-hybridized carbons (Fsp3) is 0.154. The Morgan fingerprint density at radius 1 is 1.45 bits per heavy atom. The van der Waals surface area contributed by atoms with Gasteiger partial charge in [0.25, 0.3) is 0 Å². The number of hydrogen-bond acceptors (Lipinski definition) is 4. The summed E-state index contributed by atoms with van der Waals surface area (Å²) >= 11 is 0. The third-order valence-electron chi connectivity index (χ3n) is 2.43. The largest absolute Gasteiger partial charge is 0.437 e. The maximum absolute atomic E-state index is 12.8. The van der Waals surface area contributed by atoms with Gasteiger partial charge in [0.15, 0.2) is 0 Å². The van der Waals surface area contributed by atoms with Crippen LogP contribution in [-0.2, 0) is 11.3 Å². The lowest BCUT2D eigenvalue weighted by Crippen LogP contribution is -2.31. The molecule has 0 radical (unpaired) electrons. The maximum atomic E-state index is 12.8. The van der Waals surface area contributed by atoms with E-state index in [1.807, 2.05) is 0 Å². The van der Waals surface area contributed by atoms with Crippen LogP contribution < -0.4 is 11.1 Å². The van der Waals surface area contributed by atoms with Crippen molar-refractivity contribution < 1.29 is 13.6 Å². The van der Waals surface area contributed by atoms with Crippen molar-refractivity contribution in [3.8, 4) is 11.5 Å². The first-order valence-electron chi connectivity index (χ1n) is 5.81. The molecule has 0 unspecified atom stereocenters. The number of nitrogens with one attached hydrogen (secondary N) is 1. The molecule has 20 heavy (non-hydrogen) atoms. The predicted molar refractivity (Wildman–Crippen MR) is 69.4 cm³/mol. The smallest absolute Gasteiger partial charge is 0.388 e. The molecule has 0 atom stereocenters. The molecule has 0 fully saturated rings. The van der Waals surface area contributed by atoms with Crippen LogP contribution in [0.2, 0.25) is 0 Å². The normalized spacial score (nSPS) is 10.2. The molecule has 0 aliphatic rings. The fourth-order valence-electron chi connectivity index (χ4n) is 1.49. The Balaban J connectivity index is 2.17. The number of rotatable bonds is 5. The van der Waals surface area contributed by atoms with E-state index < -0.39 is 11.6 Å². The number of aromatic nitrogens is 2. The second-order valence-electron chi connectivity index (χ2n) is 3.93. The number of amides is 1. The van der Waals surface area contributed by atoms with Crippen LogP contribution in [-0.4, -0.2) is 22.2 Å². The summed E-state index contributed by atoms with van der Waals surface area (Å²) in [6, 6.07) is 5.32. The van der Waals surface area contributed by atoms with Gasteiger partial charge in [-0.2, -0.15) is 4.68 Å². The van der Waals surface area contributed by atoms with E-state index in [9.17, 15) is 14.0 Å². The van der Waals surface area contributed by atoms with Crippen molar-refractivity contribution in [2.24, 2.45) is 0 Å². The van der Waals surface area contributed by atoms with E-state index in [1.165, 1.54) is 30.3 Å². The summed E-state index contributed by atoms with van der Waals surface area (Å²) in [5.74, 6) is -1.50. The van der Waals surface area contributed by atoms with Crippen molar-refractivity contribution in [2.75, 3.05) is 6.54 Å². The van der Waals surface area contributed by atoms with Crippen molar-refractivity contribution in [1.82, 2.24) is 15.1 Å². The second kappa shape index (κ2) is 5.96. The Hall–Kier alpha value is -2.70. The summed E-state index contributed by atoms with van der Waals surface area (Å²) in [4.78, 5) is 23.0. The fourth-order valence-corrected chi connectivity index (χ4v) is 1.49. The van der Waals surface area contributed by atoms with Gasteiger partial charge in [-0.1, -0.05) is 6.08 Å². The Labute approximate surface area is 113 Å². The molecule has 7 heteroatoms. The molecule has 1 aromatic heterocycles. The van der Waals surface area contributed by atoms with Gasteiger partial charge in [-0.3, -0.25) is 4.79 Å². The number of carbonyl (C=O) groups excluding carboxylic acids is 1. The van der Waals surface area contributed by atoms with Crippen molar-refractivity contribution in [1.29, 1.82) is 0 Å². The number of hydrogen-bond donors (Lipinski definition) is 1. The molecule has 1 aromatic carbocycles. The topological polar surface area (TPSA) is 77.1 Å². The van der Waals surface area contributed by atoms with Crippen LogP contribution in [0, 0.1) is 5.82 Å². The number of nitrogens with zero attached hydrogens (tertiary/aromatic N) is 2. The predicted octanol–water partition coefficient (Wildman–Crippen LogP) is 0.945. The summed E-state index contributed by atoms with van der Waals surface area (Å²) in [6.45, 7) is 3.51. The molecule has 6 nitrogen and oxygen atoms in total. The van der Waals surface area contributed by atoms with E-state index in [1.54, 1.807) is 0 Å². The molecular weight excluding hydrogens is 265 g/mol. The van der Waals surface area contributed by atoms with Crippen LogP contribution in [0.4, 0.5) is 4.39 Å². The van der Waals surface area contributed by atoms with Gasteiger partial charge in [-0.15, -0.1) is 11.7 Å². The summed E-state index contributed by atoms with van der Waals surface area (Å²) in [5, 5.41) is 6.40. The Kier molecular flexibility index (Phi) is 4.09. The van der Waals surface area contributed by atoms with Gasteiger partial charge in [0.2, 0.25) is 11.8 Å². The van der Waals surface area contributed by atoms with E-state index in [0.717, 1.165) is 4.68 Å². The Morgan fingerprint density at radius 2 is 2.15 bits per heavy atom. The molecule has 0 spiro atoms. The van der Waals surface area contributed by atoms with Crippen molar-refractivity contribution in [3.63, 3.8) is 0 Å². The summed E-state index contributed by atoms with van der Waals surface area (Å²) in [6.07, 6.45) is 1.52. The third-order valence-corrected chi connectivity index (χ3v) is 2.43. The van der Waals surface area contributed by atoms with Gasteiger partial charge in [0.1, 0.15) is 12.4 Å². The minimum absolute atomic E-state index is 0.0338. The van der Waals surface area contributed by atoms with E-state index in [4.69, 9.17) is 4.42 Å². The first-order valence-corrected chi connectivity index (χ1v) is 5.81. The molecule has 0 saturated carbocycles. The molecule has 104 valence electrons. The molecule has 0 aliphatic heterocycles. The molecule has 0 saturated heterocycles. The quantitative estimate of drug-likeness (QED) is 0.825. The van der Waals surface area contributed by atoms with Crippen LogP contribution in [0.25, 0.3) is 11.5 Å². The number of carbonyl (C=O) groups is 1. The van der Waals surface area contributed by atoms with Gasteiger partial charge in [-0.25, -0.2) is 9.18 Å². The Morgan fingerprint density at radius 3 is 2.80 bits per heavy atom. The number of halogens is 1. The molecule has 0 aliphatic carbocycles. The second-order valence-corrected chi connectivity index (χ2v) is 3.93. The molecule has 1 heterocycles. The molecule has 2 aromatic rings. The van der Waals surface area contributed by atoms with E-state index in [0.29, 0.717) is 12.1 Å². The van der Waals surface area contributed by atoms with Crippen molar-refractivity contribution in [2.45, 2.75) is 6.54 Å². The van der Waals surface area contributed by atoms with E-state index >= 15 is 0 Å². The highest BCUT2D eigenvalue weighted by Crippen LogP contribution is 2.15. The zero-order valence-corrected chi connectivity index (χ0v) is 10.5. The highest BCUT2D eigenvalue weighted by molar-refractivity contribution is 5.75. The van der Waals surface area contributed by atoms with Gasteiger partial charge in [-0.05, 0) is 24.3 Å². The van der Waals surface area contributed by atoms with E-state index in [2.05, 4.69) is 17.0 Å². The van der Waals surface area contributed by atoms with Gasteiger partial charge < -0.3 is 9.73 Å². The Bertz CT molecular complexity index is 673. The molecule has 0 bridgehead atoms. The van der Waals surface area contributed by atoms with E-state index in [-0.39, 0.29) is 18.3 Å². The molecule has 1 amide bonds. The van der Waals surface area contributed by atoms with Gasteiger partial charge in [0, 0.05) is 12.1 Å². The zero-order valence-electron chi connectivity index (χ0n) is 10.5. The first-order chi connectivity index (χ1) is 9.60. The molecule has 1 N–H and O–H groups in total. The lowest BCUT2D eigenvalue weighted by atomic mass is 10.2. The van der Waals surface area contributed by atoms with Crippen molar-refractivity contribution >= 4 is 5.91 Å². The maximum Gasteiger partial charge on any atom is 0.437 e. The lowest BCUT2D eigenvalue weighted by Gasteiger charge is -1.99. The van der Waals surface area contributed by atoms with Gasteiger partial charge >= 0.3 is 5.76 Å². The summed E-state index contributed by atoms with van der Waals surface area (Å²) in [5.41, 5.74) is 0.453. The monoisotopic (exact) mass is 277 g/mol. The highest BCUT2D eigenvalue weighted by Gasteiger charge is 2.12. The van der Waals surface area contributed by atoms with Crippen molar-refractivity contribution in [3.05, 3.63) is 53.3 Å². The average molecular weight is 277 g/mol. The molecular formula is C13H12FN3O3. The number of benzene rings is 1. The summed E-state index contributed by atoms with van der Waals surface area (Å²) in [7, 11) is 0. The van der Waals surface area contributed by atoms with Gasteiger partial charge in [0.05, 0.1) is 0 Å². The van der Waals surface area contributed by atoms with Crippen LogP contribution in [0.15, 0.2) is 46.1 Å². The van der Waals surface area contributed by atoms with Crippen LogP contribution in [0.3, 0.4) is 0 Å². The average Bonchev–Trinajstić information content (AvgIpc) is 2.78. The molecule has 2 rings (SSSR count).